The van der Waals surface area contributed by atoms with E-state index in [4.69, 9.17) is 0 Å². The third-order valence-electron chi connectivity index (χ3n) is 5.85. The summed E-state index contributed by atoms with van der Waals surface area (Å²) in [6.45, 7) is 3.14. The molecule has 5 rings (SSSR count). The molecule has 9 nitrogen and oxygen atoms in total. The van der Waals surface area contributed by atoms with E-state index in [0.29, 0.717) is 16.9 Å². The Bertz CT molecular complexity index is 1520. The van der Waals surface area contributed by atoms with Crippen LogP contribution in [0.1, 0.15) is 37.0 Å². The van der Waals surface area contributed by atoms with Gasteiger partial charge in [-0.25, -0.2) is 27.4 Å². The maximum Gasteiger partial charge on any atom is 0.333 e. The van der Waals surface area contributed by atoms with Crippen molar-refractivity contribution in [1.29, 1.82) is 0 Å². The van der Waals surface area contributed by atoms with Crippen molar-refractivity contribution in [2.45, 2.75) is 42.9 Å². The van der Waals surface area contributed by atoms with Crippen LogP contribution in [0.3, 0.4) is 0 Å². The van der Waals surface area contributed by atoms with Crippen LogP contribution in [-0.4, -0.2) is 34.2 Å². The van der Waals surface area contributed by atoms with Crippen LogP contribution in [0.2, 0.25) is 0 Å². The third-order valence-corrected chi connectivity index (χ3v) is 8.62. The van der Waals surface area contributed by atoms with Crippen LogP contribution in [0.4, 0.5) is 10.5 Å². The number of carbonyl (C=O) groups excluding carboxylic acids is 1. The van der Waals surface area contributed by atoms with Gasteiger partial charge in [-0.2, -0.15) is 5.10 Å². The number of nitrogens with one attached hydrogen (secondary N) is 2. The zero-order valence-corrected chi connectivity index (χ0v) is 20.2. The standard InChI is InChI=1S/C23H23N5O4S2/c1-23(2,30)16-10-20(33-13-16)34(31,32)27-22(29)26-21-17-5-3-4-14(17)6-7-18(21)15-11-24-19-8-9-25-28(19)12-15/h6-13,30H,3-5H2,1-2H3,(H2,26,27,29). The normalized spacial score (nSPS) is 13.7. The molecule has 3 aromatic heterocycles. The Morgan fingerprint density at radius 2 is 2.06 bits per heavy atom. The summed E-state index contributed by atoms with van der Waals surface area (Å²) < 4.78 is 29.3. The smallest absolute Gasteiger partial charge is 0.333 e. The summed E-state index contributed by atoms with van der Waals surface area (Å²) in [5, 5.41) is 18.7. The second kappa shape index (κ2) is 8.19. The number of aromatic nitrogens is 3. The molecule has 4 aromatic rings. The van der Waals surface area contributed by atoms with Crippen LogP contribution in [0.5, 0.6) is 0 Å². The second-order valence-electron chi connectivity index (χ2n) is 8.73. The van der Waals surface area contributed by atoms with E-state index in [-0.39, 0.29) is 4.21 Å². The van der Waals surface area contributed by atoms with Gasteiger partial charge in [-0.1, -0.05) is 12.1 Å². The minimum Gasteiger partial charge on any atom is -0.386 e. The summed E-state index contributed by atoms with van der Waals surface area (Å²) in [6.07, 6.45) is 7.82. The molecule has 0 fully saturated rings. The van der Waals surface area contributed by atoms with Gasteiger partial charge >= 0.3 is 6.03 Å². The number of anilines is 1. The lowest BCUT2D eigenvalue weighted by Gasteiger charge is -2.16. The maximum absolute atomic E-state index is 12.9. The largest absolute Gasteiger partial charge is 0.386 e. The van der Waals surface area contributed by atoms with Gasteiger partial charge in [-0.05, 0) is 61.2 Å². The van der Waals surface area contributed by atoms with Gasteiger partial charge in [-0.3, -0.25) is 0 Å². The van der Waals surface area contributed by atoms with Crippen LogP contribution in [0.25, 0.3) is 16.8 Å². The monoisotopic (exact) mass is 497 g/mol. The molecule has 1 aliphatic carbocycles. The highest BCUT2D eigenvalue weighted by Gasteiger charge is 2.26. The molecule has 3 N–H and O–H groups in total. The number of aryl methyl sites for hydroxylation is 1. The molecule has 0 radical (unpaired) electrons. The number of rotatable bonds is 5. The number of amides is 2. The Labute approximate surface area is 200 Å². The highest BCUT2D eigenvalue weighted by Crippen LogP contribution is 2.37. The van der Waals surface area contributed by atoms with Crippen LogP contribution < -0.4 is 10.0 Å². The molecular weight excluding hydrogens is 474 g/mol. The number of hydrogen-bond donors (Lipinski definition) is 3. The highest BCUT2D eigenvalue weighted by atomic mass is 32.2. The van der Waals surface area contributed by atoms with Crippen molar-refractivity contribution < 1.29 is 18.3 Å². The minimum atomic E-state index is -4.11. The number of sulfonamides is 1. The Morgan fingerprint density at radius 3 is 2.82 bits per heavy atom. The van der Waals surface area contributed by atoms with E-state index in [1.807, 2.05) is 18.3 Å². The Balaban J connectivity index is 1.46. The Morgan fingerprint density at radius 1 is 1.24 bits per heavy atom. The predicted octanol–water partition coefficient (Wildman–Crippen LogP) is 3.68. The lowest BCUT2D eigenvalue weighted by atomic mass is 9.99. The summed E-state index contributed by atoms with van der Waals surface area (Å²) in [7, 11) is -4.11. The van der Waals surface area contributed by atoms with E-state index in [1.165, 1.54) is 6.07 Å². The van der Waals surface area contributed by atoms with Gasteiger partial charge in [0.2, 0.25) is 0 Å². The summed E-state index contributed by atoms with van der Waals surface area (Å²) in [6, 6.07) is 6.26. The summed E-state index contributed by atoms with van der Waals surface area (Å²) in [5.74, 6) is 0. The highest BCUT2D eigenvalue weighted by molar-refractivity contribution is 7.92. The molecule has 3 heterocycles. The molecule has 0 spiro atoms. The third kappa shape index (κ3) is 4.17. The van der Waals surface area contributed by atoms with Crippen molar-refractivity contribution in [1.82, 2.24) is 19.3 Å². The maximum atomic E-state index is 12.9. The molecule has 0 saturated heterocycles. The van der Waals surface area contributed by atoms with Gasteiger partial charge < -0.3 is 10.4 Å². The molecular formula is C23H23N5O4S2. The summed E-state index contributed by atoms with van der Waals surface area (Å²) in [5.41, 5.74) is 4.15. The van der Waals surface area contributed by atoms with E-state index in [9.17, 15) is 18.3 Å². The number of urea groups is 1. The van der Waals surface area contributed by atoms with Gasteiger partial charge in [0.05, 0.1) is 17.5 Å². The van der Waals surface area contributed by atoms with Crippen molar-refractivity contribution in [3.8, 4) is 11.1 Å². The predicted molar refractivity (Wildman–Crippen MR) is 129 cm³/mol. The van der Waals surface area contributed by atoms with Crippen LogP contribution >= 0.6 is 11.3 Å². The molecule has 0 bridgehead atoms. The first-order valence-electron chi connectivity index (χ1n) is 10.7. The lowest BCUT2D eigenvalue weighted by molar-refractivity contribution is 0.0789. The fraction of sp³-hybridized carbons (Fsp3) is 0.261. The fourth-order valence-corrected chi connectivity index (χ4v) is 6.34. The van der Waals surface area contributed by atoms with E-state index in [0.717, 1.165) is 52.9 Å². The molecule has 0 saturated carbocycles. The van der Waals surface area contributed by atoms with Crippen LogP contribution in [0, 0.1) is 0 Å². The lowest BCUT2D eigenvalue weighted by Crippen LogP contribution is -2.34. The Hall–Kier alpha value is -3.28. The SMILES string of the molecule is CC(C)(O)c1csc(S(=O)(=O)NC(=O)Nc2c(-c3cnc4ccnn4c3)ccc3c2CCC3)c1. The number of hydrogen-bond acceptors (Lipinski definition) is 7. The van der Waals surface area contributed by atoms with Gasteiger partial charge in [0.1, 0.15) is 4.21 Å². The average molecular weight is 498 g/mol. The number of thiophene rings is 1. The van der Waals surface area contributed by atoms with Crippen molar-refractivity contribution >= 4 is 38.7 Å². The zero-order chi connectivity index (χ0) is 24.1. The number of fused-ring (bicyclic) bond motifs is 2. The quantitative estimate of drug-likeness (QED) is 0.386. The number of carbonyl (C=O) groups is 1. The molecule has 34 heavy (non-hydrogen) atoms. The van der Waals surface area contributed by atoms with E-state index in [1.54, 1.807) is 42.2 Å². The van der Waals surface area contributed by atoms with E-state index >= 15 is 0 Å². The van der Waals surface area contributed by atoms with Gasteiger partial charge in [0.15, 0.2) is 5.65 Å². The van der Waals surface area contributed by atoms with Gasteiger partial charge in [-0.15, -0.1) is 11.3 Å². The molecule has 0 atom stereocenters. The minimum absolute atomic E-state index is 0.0494. The molecule has 0 unspecified atom stereocenters. The fourth-order valence-electron chi connectivity index (χ4n) is 4.09. The van der Waals surface area contributed by atoms with Crippen molar-refractivity contribution in [3.05, 3.63) is 64.9 Å². The van der Waals surface area contributed by atoms with Crippen molar-refractivity contribution in [3.63, 3.8) is 0 Å². The summed E-state index contributed by atoms with van der Waals surface area (Å²) in [4.78, 5) is 17.3. The number of aliphatic hydroxyl groups is 1. The Kier molecular flexibility index (Phi) is 5.42. The average Bonchev–Trinajstić information content (AvgIpc) is 3.52. The number of nitrogens with zero attached hydrogens (tertiary/aromatic N) is 3. The first kappa shape index (κ1) is 22.5. The first-order chi connectivity index (χ1) is 16.1. The van der Waals surface area contributed by atoms with E-state index < -0.39 is 21.7 Å². The molecule has 1 aromatic carbocycles. The summed E-state index contributed by atoms with van der Waals surface area (Å²) >= 11 is 0.945. The molecule has 176 valence electrons. The molecule has 0 aliphatic heterocycles. The van der Waals surface area contributed by atoms with Crippen molar-refractivity contribution in [2.75, 3.05) is 5.32 Å². The second-order valence-corrected chi connectivity index (χ2v) is 11.5. The van der Waals surface area contributed by atoms with E-state index in [2.05, 4.69) is 20.1 Å². The number of benzene rings is 1. The zero-order valence-electron chi connectivity index (χ0n) is 18.6. The van der Waals surface area contributed by atoms with Crippen LogP contribution in [0.15, 0.2) is 52.4 Å². The molecule has 2 amide bonds. The first-order valence-corrected chi connectivity index (χ1v) is 13.1. The van der Waals surface area contributed by atoms with Crippen molar-refractivity contribution in [2.24, 2.45) is 0 Å². The van der Waals surface area contributed by atoms with Crippen LogP contribution in [-0.2, 0) is 28.5 Å². The molecule has 1 aliphatic rings. The van der Waals surface area contributed by atoms with Gasteiger partial charge in [0.25, 0.3) is 10.0 Å². The topological polar surface area (TPSA) is 126 Å². The molecule has 11 heteroatoms. The van der Waals surface area contributed by atoms with Gasteiger partial charge in [0, 0.05) is 29.6 Å².